The molecule has 1 aromatic rings. The van der Waals surface area contributed by atoms with Crippen LogP contribution < -0.4 is 5.32 Å². The zero-order chi connectivity index (χ0) is 13.7. The number of nitrogens with zero attached hydrogens (tertiary/aromatic N) is 1. The van der Waals surface area contributed by atoms with Gasteiger partial charge in [-0.1, -0.05) is 13.8 Å². The topological polar surface area (TPSA) is 32.3 Å². The molecule has 0 spiro atoms. The van der Waals surface area contributed by atoms with Crippen LogP contribution in [0.15, 0.2) is 18.2 Å². The summed E-state index contributed by atoms with van der Waals surface area (Å²) in [5.74, 6) is 0.622. The van der Waals surface area contributed by atoms with Gasteiger partial charge in [0.1, 0.15) is 0 Å². The zero-order valence-electron chi connectivity index (χ0n) is 12.1. The molecule has 0 saturated carbocycles. The third-order valence-electron chi connectivity index (χ3n) is 3.00. The highest BCUT2D eigenvalue weighted by Gasteiger charge is 2.17. The summed E-state index contributed by atoms with van der Waals surface area (Å²) in [4.78, 5) is 14.3. The van der Waals surface area contributed by atoms with Crippen molar-refractivity contribution in [1.29, 1.82) is 0 Å². The molecule has 3 nitrogen and oxygen atoms in total. The quantitative estimate of drug-likeness (QED) is 0.868. The lowest BCUT2D eigenvalue weighted by molar-refractivity contribution is 0.0745. The van der Waals surface area contributed by atoms with Crippen LogP contribution in [0.3, 0.4) is 0 Å². The van der Waals surface area contributed by atoms with Crippen LogP contribution in [0.25, 0.3) is 0 Å². The fraction of sp³-hybridized carbons (Fsp3) is 0.533. The first-order chi connectivity index (χ1) is 8.49. The van der Waals surface area contributed by atoms with E-state index in [2.05, 4.69) is 19.2 Å². The molecule has 0 aliphatic heterocycles. The average molecular weight is 248 g/mol. The number of nitrogens with one attached hydrogen (secondary N) is 1. The fourth-order valence-electron chi connectivity index (χ4n) is 2.03. The maximum atomic E-state index is 12.4. The first kappa shape index (κ1) is 14.6. The fourth-order valence-corrected chi connectivity index (χ4v) is 2.03. The lowest BCUT2D eigenvalue weighted by Gasteiger charge is -2.24. The third-order valence-corrected chi connectivity index (χ3v) is 3.00. The number of hydrogen-bond acceptors (Lipinski definition) is 2. The van der Waals surface area contributed by atoms with Gasteiger partial charge in [0, 0.05) is 31.4 Å². The van der Waals surface area contributed by atoms with Crippen molar-refractivity contribution >= 4 is 11.6 Å². The predicted octanol–water partition coefficient (Wildman–Crippen LogP) is 3.15. The minimum Gasteiger partial charge on any atom is -0.388 e. The largest absolute Gasteiger partial charge is 0.388 e. The Balaban J connectivity index is 2.94. The van der Waals surface area contributed by atoms with Crippen LogP contribution in [0.2, 0.25) is 0 Å². The maximum Gasteiger partial charge on any atom is 0.254 e. The SMILES string of the molecule is CCN(CC(C)C)C(=O)c1ccc(NC)cc1C. The molecular weight excluding hydrogens is 224 g/mol. The Morgan fingerprint density at radius 1 is 1.39 bits per heavy atom. The molecular formula is C15H24N2O. The number of anilines is 1. The Hall–Kier alpha value is -1.51. The maximum absolute atomic E-state index is 12.4. The number of aryl methyl sites for hydroxylation is 1. The third kappa shape index (κ3) is 3.49. The van der Waals surface area contributed by atoms with E-state index < -0.39 is 0 Å². The summed E-state index contributed by atoms with van der Waals surface area (Å²) in [6, 6.07) is 5.87. The first-order valence-corrected chi connectivity index (χ1v) is 6.57. The zero-order valence-corrected chi connectivity index (χ0v) is 12.1. The monoisotopic (exact) mass is 248 g/mol. The lowest BCUT2D eigenvalue weighted by atomic mass is 10.1. The molecule has 0 unspecified atom stereocenters. The summed E-state index contributed by atoms with van der Waals surface area (Å²) in [5.41, 5.74) is 2.86. The molecule has 0 fully saturated rings. The van der Waals surface area contributed by atoms with E-state index in [0.29, 0.717) is 5.92 Å². The molecule has 0 heterocycles. The van der Waals surface area contributed by atoms with Gasteiger partial charge in [0.25, 0.3) is 5.91 Å². The standard InChI is InChI=1S/C15H24N2O/c1-6-17(10-11(2)3)15(18)14-8-7-13(16-5)9-12(14)4/h7-9,11,16H,6,10H2,1-5H3. The normalized spacial score (nSPS) is 10.6. The van der Waals surface area contributed by atoms with E-state index in [9.17, 15) is 4.79 Å². The van der Waals surface area contributed by atoms with Crippen molar-refractivity contribution in [2.45, 2.75) is 27.7 Å². The highest BCUT2D eigenvalue weighted by atomic mass is 16.2. The summed E-state index contributed by atoms with van der Waals surface area (Å²) in [6.07, 6.45) is 0. The summed E-state index contributed by atoms with van der Waals surface area (Å²) < 4.78 is 0. The molecule has 100 valence electrons. The number of hydrogen-bond donors (Lipinski definition) is 1. The van der Waals surface area contributed by atoms with E-state index in [0.717, 1.165) is 29.9 Å². The highest BCUT2D eigenvalue weighted by molar-refractivity contribution is 5.96. The van der Waals surface area contributed by atoms with Crippen molar-refractivity contribution in [3.05, 3.63) is 29.3 Å². The van der Waals surface area contributed by atoms with E-state index >= 15 is 0 Å². The minimum absolute atomic E-state index is 0.131. The number of carbonyl (C=O) groups is 1. The van der Waals surface area contributed by atoms with Crippen LogP contribution in [-0.4, -0.2) is 30.9 Å². The molecule has 1 aromatic carbocycles. The van der Waals surface area contributed by atoms with Crippen molar-refractivity contribution in [3.8, 4) is 0 Å². The van der Waals surface area contributed by atoms with E-state index in [4.69, 9.17) is 0 Å². The summed E-state index contributed by atoms with van der Waals surface area (Å²) in [5, 5.41) is 3.08. The Labute approximate surface area is 110 Å². The van der Waals surface area contributed by atoms with Gasteiger partial charge in [-0.05, 0) is 43.5 Å². The van der Waals surface area contributed by atoms with Gasteiger partial charge < -0.3 is 10.2 Å². The van der Waals surface area contributed by atoms with Crippen LogP contribution in [0.1, 0.15) is 36.7 Å². The number of carbonyl (C=O) groups excluding carboxylic acids is 1. The second-order valence-corrected chi connectivity index (χ2v) is 5.02. The Kier molecular flexibility index (Phi) is 5.20. The van der Waals surface area contributed by atoms with Gasteiger partial charge in [-0.2, -0.15) is 0 Å². The van der Waals surface area contributed by atoms with Crippen LogP contribution in [-0.2, 0) is 0 Å². The lowest BCUT2D eigenvalue weighted by Crippen LogP contribution is -2.34. The van der Waals surface area contributed by atoms with Crippen molar-refractivity contribution in [2.24, 2.45) is 5.92 Å². The van der Waals surface area contributed by atoms with Crippen molar-refractivity contribution in [3.63, 3.8) is 0 Å². The molecule has 0 radical (unpaired) electrons. The van der Waals surface area contributed by atoms with E-state index in [1.54, 1.807) is 0 Å². The minimum atomic E-state index is 0.131. The second-order valence-electron chi connectivity index (χ2n) is 5.02. The predicted molar refractivity (Wildman–Crippen MR) is 77.1 cm³/mol. The van der Waals surface area contributed by atoms with Crippen LogP contribution >= 0.6 is 0 Å². The molecule has 0 aliphatic rings. The van der Waals surface area contributed by atoms with Crippen molar-refractivity contribution in [2.75, 3.05) is 25.5 Å². The molecule has 0 aliphatic carbocycles. The molecule has 1 amide bonds. The van der Waals surface area contributed by atoms with Gasteiger partial charge in [0.15, 0.2) is 0 Å². The molecule has 3 heteroatoms. The van der Waals surface area contributed by atoms with E-state index in [-0.39, 0.29) is 5.91 Å². The molecule has 0 bridgehead atoms. The van der Waals surface area contributed by atoms with E-state index in [1.165, 1.54) is 0 Å². The Bertz CT molecular complexity index is 413. The number of amides is 1. The smallest absolute Gasteiger partial charge is 0.254 e. The van der Waals surface area contributed by atoms with Gasteiger partial charge in [0.05, 0.1) is 0 Å². The van der Waals surface area contributed by atoms with Gasteiger partial charge >= 0.3 is 0 Å². The Morgan fingerprint density at radius 2 is 2.06 bits per heavy atom. The molecule has 1 rings (SSSR count). The molecule has 0 saturated heterocycles. The number of benzene rings is 1. The van der Waals surface area contributed by atoms with Gasteiger partial charge in [0.2, 0.25) is 0 Å². The van der Waals surface area contributed by atoms with Crippen molar-refractivity contribution in [1.82, 2.24) is 4.90 Å². The molecule has 1 N–H and O–H groups in total. The van der Waals surface area contributed by atoms with Crippen molar-refractivity contribution < 1.29 is 4.79 Å². The van der Waals surface area contributed by atoms with Crippen LogP contribution in [0, 0.1) is 12.8 Å². The highest BCUT2D eigenvalue weighted by Crippen LogP contribution is 2.17. The van der Waals surface area contributed by atoms with Gasteiger partial charge in [-0.15, -0.1) is 0 Å². The van der Waals surface area contributed by atoms with Gasteiger partial charge in [-0.25, -0.2) is 0 Å². The first-order valence-electron chi connectivity index (χ1n) is 6.57. The van der Waals surface area contributed by atoms with Gasteiger partial charge in [-0.3, -0.25) is 4.79 Å². The van der Waals surface area contributed by atoms with E-state index in [1.807, 2.05) is 44.0 Å². The van der Waals surface area contributed by atoms with Crippen LogP contribution in [0.4, 0.5) is 5.69 Å². The molecule has 0 aromatic heterocycles. The average Bonchev–Trinajstić information content (AvgIpc) is 2.34. The number of rotatable bonds is 5. The molecule has 0 atom stereocenters. The summed E-state index contributed by atoms with van der Waals surface area (Å²) in [6.45, 7) is 9.83. The summed E-state index contributed by atoms with van der Waals surface area (Å²) in [7, 11) is 1.88. The second kappa shape index (κ2) is 6.43. The Morgan fingerprint density at radius 3 is 2.50 bits per heavy atom. The summed E-state index contributed by atoms with van der Waals surface area (Å²) >= 11 is 0. The molecule has 18 heavy (non-hydrogen) atoms. The van der Waals surface area contributed by atoms with Crippen LogP contribution in [0.5, 0.6) is 0 Å².